The summed E-state index contributed by atoms with van der Waals surface area (Å²) >= 11 is 1.000. The Labute approximate surface area is 221 Å². The summed E-state index contributed by atoms with van der Waals surface area (Å²) in [6.45, 7) is 0.470. The van der Waals surface area contributed by atoms with Crippen LogP contribution in [0.4, 0.5) is 4.79 Å². The van der Waals surface area contributed by atoms with E-state index in [4.69, 9.17) is 19.3 Å². The van der Waals surface area contributed by atoms with Gasteiger partial charge in [-0.15, -0.1) is 0 Å². The molecule has 1 unspecified atom stereocenters. The summed E-state index contributed by atoms with van der Waals surface area (Å²) in [5.74, 6) is -1.06. The van der Waals surface area contributed by atoms with Gasteiger partial charge in [-0.1, -0.05) is 30.0 Å². The Hall–Kier alpha value is -3.07. The molecule has 0 radical (unpaired) electrons. The monoisotopic (exact) mass is 548 g/mol. The van der Waals surface area contributed by atoms with Crippen LogP contribution in [-0.4, -0.2) is 91.7 Å². The number of carbonyl (C=O) groups excluding carboxylic acids is 2. The normalized spacial score (nSPS) is 27.2. The maximum atomic E-state index is 11.7. The van der Waals surface area contributed by atoms with Gasteiger partial charge in [0.1, 0.15) is 24.1 Å². The van der Waals surface area contributed by atoms with Crippen molar-refractivity contribution in [3.63, 3.8) is 0 Å². The van der Waals surface area contributed by atoms with Crippen molar-refractivity contribution in [2.24, 2.45) is 0 Å². The molecule has 3 heterocycles. The molecule has 0 saturated carbocycles. The van der Waals surface area contributed by atoms with Crippen LogP contribution in [0.2, 0.25) is 0 Å². The highest BCUT2D eigenvalue weighted by Crippen LogP contribution is 2.24. The number of benzene rings is 1. The van der Waals surface area contributed by atoms with E-state index in [9.17, 15) is 29.7 Å². The van der Waals surface area contributed by atoms with Gasteiger partial charge in [0.25, 0.3) is 5.24 Å². The fraction of sp³-hybridized carbons (Fsp3) is 0.440. The third kappa shape index (κ3) is 7.07. The topological polar surface area (TPSA) is 185 Å². The lowest BCUT2D eigenvalue weighted by Crippen LogP contribution is -2.60. The summed E-state index contributed by atoms with van der Waals surface area (Å²) in [6.07, 6.45) is -5.05. The highest BCUT2D eigenvalue weighted by atomic mass is 32.2. The van der Waals surface area contributed by atoms with Gasteiger partial charge in [0.05, 0.1) is 18.5 Å². The van der Waals surface area contributed by atoms with E-state index in [1.807, 2.05) is 36.4 Å². The van der Waals surface area contributed by atoms with E-state index in [1.165, 1.54) is 0 Å². The number of aliphatic hydroxyl groups excluding tert-OH is 3. The Balaban J connectivity index is 1.17. The minimum absolute atomic E-state index is 0.0669. The van der Waals surface area contributed by atoms with Gasteiger partial charge in [-0.3, -0.25) is 19.9 Å². The standard InChI is InChI=1S/C25H28N2O10S/c28-18-19(29)21(23(32)33)37-24(20(18)30)36-9-7-14-1-4-15(26-12-14)8-10-35-16-5-2-13(3-6-16)11-17-22(31)27-25(34)38-17/h1-6,12,17-21,24,28-30H,7-11H2,(H,32,33)(H,27,31,34)/t17?,18-,19-,20+,21-,24+/m0/s1. The minimum atomic E-state index is -1.76. The predicted molar refractivity (Wildman–Crippen MR) is 132 cm³/mol. The van der Waals surface area contributed by atoms with Crippen LogP contribution < -0.4 is 10.1 Å². The summed E-state index contributed by atoms with van der Waals surface area (Å²) in [5.41, 5.74) is 2.58. The predicted octanol–water partition coefficient (Wildman–Crippen LogP) is 0.0485. The molecule has 204 valence electrons. The number of nitrogens with zero attached hydrogens (tertiary/aromatic N) is 1. The van der Waals surface area contributed by atoms with Crippen LogP contribution in [0.3, 0.4) is 0 Å². The number of carbonyl (C=O) groups is 3. The summed E-state index contributed by atoms with van der Waals surface area (Å²) in [4.78, 5) is 38.5. The number of hydrogen-bond acceptors (Lipinski definition) is 11. The number of carboxylic acid groups (broad SMARTS) is 1. The Morgan fingerprint density at radius 3 is 2.34 bits per heavy atom. The summed E-state index contributed by atoms with van der Waals surface area (Å²) in [7, 11) is 0. The average Bonchev–Trinajstić information content (AvgIpc) is 3.21. The van der Waals surface area contributed by atoms with Gasteiger partial charge in [-0.05, 0) is 42.2 Å². The quantitative estimate of drug-likeness (QED) is 0.255. The first-order chi connectivity index (χ1) is 18.2. The molecule has 2 aliphatic heterocycles. The van der Waals surface area contributed by atoms with E-state index in [0.29, 0.717) is 31.6 Å². The van der Waals surface area contributed by atoms with Crippen molar-refractivity contribution in [1.29, 1.82) is 0 Å². The minimum Gasteiger partial charge on any atom is -0.493 e. The van der Waals surface area contributed by atoms with E-state index < -0.39 is 41.9 Å². The second-order valence-electron chi connectivity index (χ2n) is 8.84. The Morgan fingerprint density at radius 1 is 0.974 bits per heavy atom. The summed E-state index contributed by atoms with van der Waals surface area (Å²) in [6, 6.07) is 11.1. The molecule has 0 spiro atoms. The van der Waals surface area contributed by atoms with Crippen LogP contribution in [0.1, 0.15) is 16.8 Å². The van der Waals surface area contributed by atoms with E-state index >= 15 is 0 Å². The molecular formula is C25H28N2O10S. The van der Waals surface area contributed by atoms with Crippen LogP contribution >= 0.6 is 11.8 Å². The number of amides is 2. The lowest BCUT2D eigenvalue weighted by molar-refractivity contribution is -0.293. The van der Waals surface area contributed by atoms with Crippen LogP contribution in [0.5, 0.6) is 5.75 Å². The maximum absolute atomic E-state index is 11.7. The molecular weight excluding hydrogens is 520 g/mol. The zero-order chi connectivity index (χ0) is 27.2. The zero-order valence-electron chi connectivity index (χ0n) is 20.1. The summed E-state index contributed by atoms with van der Waals surface area (Å²) in [5, 5.41) is 40.2. The second kappa shape index (κ2) is 12.7. The van der Waals surface area contributed by atoms with Gasteiger partial charge in [-0.2, -0.15) is 0 Å². The number of aliphatic hydroxyl groups is 3. The van der Waals surface area contributed by atoms with Crippen LogP contribution in [0.15, 0.2) is 42.6 Å². The highest BCUT2D eigenvalue weighted by molar-refractivity contribution is 8.15. The molecule has 4 rings (SSSR count). The van der Waals surface area contributed by atoms with Crippen molar-refractivity contribution in [1.82, 2.24) is 10.3 Å². The number of hydrogen-bond donors (Lipinski definition) is 5. The fourth-order valence-corrected chi connectivity index (χ4v) is 4.83. The first-order valence-electron chi connectivity index (χ1n) is 11.9. The largest absolute Gasteiger partial charge is 0.493 e. The number of ether oxygens (including phenoxy) is 3. The molecule has 6 atom stereocenters. The molecule has 5 N–H and O–H groups in total. The van der Waals surface area contributed by atoms with E-state index in [-0.39, 0.29) is 17.8 Å². The first kappa shape index (κ1) is 28.0. The number of nitrogens with one attached hydrogen (secondary N) is 1. The lowest BCUT2D eigenvalue weighted by Gasteiger charge is -2.38. The Bertz CT molecular complexity index is 1130. The zero-order valence-corrected chi connectivity index (χ0v) is 21.0. The third-order valence-corrected chi connectivity index (χ3v) is 7.09. The number of carboxylic acids is 1. The van der Waals surface area contributed by atoms with Crippen LogP contribution in [0.25, 0.3) is 0 Å². The maximum Gasteiger partial charge on any atom is 0.335 e. The number of thioether (sulfide) groups is 1. The van der Waals surface area contributed by atoms with Crippen molar-refractivity contribution in [2.45, 2.75) is 55.2 Å². The highest BCUT2D eigenvalue weighted by Gasteiger charge is 2.47. The van der Waals surface area contributed by atoms with Gasteiger partial charge in [0.2, 0.25) is 5.91 Å². The molecule has 38 heavy (non-hydrogen) atoms. The molecule has 2 aromatic rings. The summed E-state index contributed by atoms with van der Waals surface area (Å²) < 4.78 is 16.3. The van der Waals surface area contributed by atoms with E-state index in [0.717, 1.165) is 28.6 Å². The first-order valence-corrected chi connectivity index (χ1v) is 12.8. The molecule has 2 fully saturated rings. The lowest BCUT2D eigenvalue weighted by atomic mass is 9.99. The number of pyridine rings is 1. The Morgan fingerprint density at radius 2 is 1.71 bits per heavy atom. The smallest absolute Gasteiger partial charge is 0.335 e. The number of rotatable bonds is 11. The number of aliphatic carboxylic acids is 1. The number of aromatic nitrogens is 1. The fourth-order valence-electron chi connectivity index (χ4n) is 3.97. The third-order valence-electron chi connectivity index (χ3n) is 6.11. The molecule has 0 aliphatic carbocycles. The second-order valence-corrected chi connectivity index (χ2v) is 10.0. The van der Waals surface area contributed by atoms with Gasteiger partial charge in [-0.25, -0.2) is 4.79 Å². The van der Waals surface area contributed by atoms with Crippen molar-refractivity contribution < 1.29 is 49.0 Å². The molecule has 13 heteroatoms. The van der Waals surface area contributed by atoms with Crippen molar-refractivity contribution in [3.8, 4) is 5.75 Å². The molecule has 2 saturated heterocycles. The average molecular weight is 549 g/mol. The van der Waals surface area contributed by atoms with Gasteiger partial charge < -0.3 is 34.6 Å². The molecule has 1 aromatic carbocycles. The molecule has 1 aromatic heterocycles. The van der Waals surface area contributed by atoms with E-state index in [1.54, 1.807) is 6.20 Å². The van der Waals surface area contributed by atoms with Crippen LogP contribution in [0, 0.1) is 0 Å². The van der Waals surface area contributed by atoms with Gasteiger partial charge in [0.15, 0.2) is 12.4 Å². The molecule has 12 nitrogen and oxygen atoms in total. The van der Waals surface area contributed by atoms with Crippen molar-refractivity contribution in [2.75, 3.05) is 13.2 Å². The van der Waals surface area contributed by atoms with Gasteiger partial charge >= 0.3 is 5.97 Å². The SMILES string of the molecule is O=C1NC(=O)C(Cc2ccc(OCCc3ccc(CCO[C@@H]4O[C@H](C(=O)O)[C@@H](O)[C@H](O)[C@H]4O)cn3)cc2)S1. The van der Waals surface area contributed by atoms with Gasteiger partial charge in [0, 0.05) is 18.3 Å². The molecule has 0 bridgehead atoms. The number of imide groups is 1. The molecule has 2 aliphatic rings. The van der Waals surface area contributed by atoms with E-state index in [2.05, 4.69) is 10.3 Å². The van der Waals surface area contributed by atoms with Crippen LogP contribution in [-0.2, 0) is 38.3 Å². The van der Waals surface area contributed by atoms with Crippen molar-refractivity contribution in [3.05, 3.63) is 59.4 Å². The van der Waals surface area contributed by atoms with Crippen molar-refractivity contribution >= 4 is 28.9 Å². The Kier molecular flexibility index (Phi) is 9.31. The molecule has 2 amide bonds.